The first-order valence-corrected chi connectivity index (χ1v) is 9.78. The number of aromatic nitrogens is 4. The van der Waals surface area contributed by atoms with Gasteiger partial charge in [-0.3, -0.25) is 0 Å². The number of nitrogens with zero attached hydrogens (tertiary/aromatic N) is 4. The summed E-state index contributed by atoms with van der Waals surface area (Å²) in [5.74, 6) is 0.557. The minimum absolute atomic E-state index is 0.149. The predicted octanol–water partition coefficient (Wildman–Crippen LogP) is 2.17. The zero-order valence-corrected chi connectivity index (χ0v) is 15.3. The first kappa shape index (κ1) is 17.4. The fourth-order valence-corrected chi connectivity index (χ4v) is 4.09. The van der Waals surface area contributed by atoms with Crippen molar-refractivity contribution in [3.8, 4) is 0 Å². The van der Waals surface area contributed by atoms with Gasteiger partial charge in [-0.25, -0.2) is 13.4 Å². The average molecular weight is 383 g/mol. The Kier molecular flexibility index (Phi) is 4.46. The van der Waals surface area contributed by atoms with Crippen LogP contribution in [0.2, 0.25) is 0 Å². The molecule has 0 aliphatic rings. The van der Waals surface area contributed by atoms with E-state index in [9.17, 15) is 8.42 Å². The Morgan fingerprint density at radius 1 is 1.07 bits per heavy atom. The Bertz CT molecular complexity index is 1210. The maximum atomic E-state index is 13.0. The van der Waals surface area contributed by atoms with Crippen molar-refractivity contribution in [3.05, 3.63) is 54.6 Å². The number of sulfone groups is 1. The van der Waals surface area contributed by atoms with E-state index in [0.717, 1.165) is 5.39 Å². The number of nitrogens with one attached hydrogen (secondary N) is 1. The number of benzene rings is 2. The Labute approximate surface area is 155 Å². The molecule has 4 rings (SSSR count). The molecule has 0 aliphatic heterocycles. The number of anilines is 1. The van der Waals surface area contributed by atoms with Gasteiger partial charge in [-0.05, 0) is 24.3 Å². The second-order valence-electron chi connectivity index (χ2n) is 5.84. The zero-order valence-electron chi connectivity index (χ0n) is 14.5. The van der Waals surface area contributed by atoms with Crippen molar-refractivity contribution in [2.45, 2.75) is 9.92 Å². The van der Waals surface area contributed by atoms with Gasteiger partial charge in [-0.2, -0.15) is 4.52 Å². The van der Waals surface area contributed by atoms with Crippen molar-refractivity contribution in [1.29, 1.82) is 0 Å². The number of ether oxygens (including phenoxy) is 1. The van der Waals surface area contributed by atoms with E-state index in [1.54, 1.807) is 25.3 Å². The quantitative estimate of drug-likeness (QED) is 0.510. The maximum absolute atomic E-state index is 13.0. The largest absolute Gasteiger partial charge is 0.383 e. The monoisotopic (exact) mass is 383 g/mol. The van der Waals surface area contributed by atoms with Crippen LogP contribution in [0.25, 0.3) is 16.6 Å². The van der Waals surface area contributed by atoms with Crippen LogP contribution in [0.15, 0.2) is 64.5 Å². The van der Waals surface area contributed by atoms with Crippen LogP contribution in [0.5, 0.6) is 0 Å². The van der Waals surface area contributed by atoms with Crippen molar-refractivity contribution >= 4 is 32.2 Å². The lowest BCUT2D eigenvalue weighted by Gasteiger charge is -2.10. The molecule has 2 heterocycles. The van der Waals surface area contributed by atoms with Crippen LogP contribution in [-0.2, 0) is 14.6 Å². The first-order chi connectivity index (χ1) is 13.1. The van der Waals surface area contributed by atoms with Crippen molar-refractivity contribution < 1.29 is 13.2 Å². The van der Waals surface area contributed by atoms with Gasteiger partial charge in [0.05, 0.1) is 17.0 Å². The van der Waals surface area contributed by atoms with Crippen LogP contribution in [0.1, 0.15) is 0 Å². The Morgan fingerprint density at radius 3 is 2.59 bits per heavy atom. The van der Waals surface area contributed by atoms with E-state index in [1.165, 1.54) is 16.6 Å². The van der Waals surface area contributed by atoms with Gasteiger partial charge in [-0.1, -0.05) is 35.5 Å². The Hall–Kier alpha value is -3.04. The smallest absolute Gasteiger partial charge is 0.229 e. The third-order valence-electron chi connectivity index (χ3n) is 4.13. The highest BCUT2D eigenvalue weighted by Gasteiger charge is 2.26. The predicted molar refractivity (Wildman–Crippen MR) is 101 cm³/mol. The number of methoxy groups -OCH3 is 1. The second-order valence-corrected chi connectivity index (χ2v) is 7.71. The fourth-order valence-electron chi connectivity index (χ4n) is 2.84. The number of rotatable bonds is 6. The normalized spacial score (nSPS) is 11.9. The fraction of sp³-hybridized carbons (Fsp3) is 0.167. The highest BCUT2D eigenvalue weighted by Crippen LogP contribution is 2.27. The molecule has 1 N–H and O–H groups in total. The molecule has 0 amide bonds. The van der Waals surface area contributed by atoms with E-state index in [4.69, 9.17) is 4.74 Å². The number of fused-ring (bicyclic) bond motifs is 3. The molecule has 9 heteroatoms. The van der Waals surface area contributed by atoms with Crippen LogP contribution in [0, 0.1) is 0 Å². The summed E-state index contributed by atoms with van der Waals surface area (Å²) < 4.78 is 32.6. The lowest BCUT2D eigenvalue weighted by atomic mass is 10.2. The summed E-state index contributed by atoms with van der Waals surface area (Å²) in [4.78, 5) is 4.67. The molecule has 2 aromatic heterocycles. The molecule has 2 aromatic carbocycles. The Morgan fingerprint density at radius 2 is 1.81 bits per heavy atom. The van der Waals surface area contributed by atoms with E-state index < -0.39 is 9.84 Å². The van der Waals surface area contributed by atoms with Gasteiger partial charge in [0, 0.05) is 19.0 Å². The van der Waals surface area contributed by atoms with Crippen LogP contribution < -0.4 is 5.32 Å². The third kappa shape index (κ3) is 3.00. The van der Waals surface area contributed by atoms with Crippen molar-refractivity contribution in [3.63, 3.8) is 0 Å². The Balaban J connectivity index is 1.94. The minimum Gasteiger partial charge on any atom is -0.383 e. The number of para-hydroxylation sites is 1. The lowest BCUT2D eigenvalue weighted by molar-refractivity contribution is 0.210. The summed E-state index contributed by atoms with van der Waals surface area (Å²) in [7, 11) is -2.23. The van der Waals surface area contributed by atoms with Crippen LogP contribution in [0.3, 0.4) is 0 Å². The van der Waals surface area contributed by atoms with Gasteiger partial charge >= 0.3 is 0 Å². The van der Waals surface area contributed by atoms with Crippen molar-refractivity contribution in [2.75, 3.05) is 25.6 Å². The molecule has 4 aromatic rings. The van der Waals surface area contributed by atoms with E-state index in [0.29, 0.717) is 24.5 Å². The molecular weight excluding hydrogens is 366 g/mol. The van der Waals surface area contributed by atoms with Gasteiger partial charge in [0.25, 0.3) is 0 Å². The molecule has 0 saturated carbocycles. The van der Waals surface area contributed by atoms with E-state index in [2.05, 4.69) is 20.6 Å². The zero-order chi connectivity index (χ0) is 18.9. The molecular formula is C18H17N5O3S. The van der Waals surface area contributed by atoms with Gasteiger partial charge in [0.15, 0.2) is 5.65 Å². The minimum atomic E-state index is -3.84. The van der Waals surface area contributed by atoms with Gasteiger partial charge in [0.1, 0.15) is 5.82 Å². The van der Waals surface area contributed by atoms with Crippen molar-refractivity contribution in [1.82, 2.24) is 19.8 Å². The molecule has 0 radical (unpaired) electrons. The molecule has 27 heavy (non-hydrogen) atoms. The molecule has 0 saturated heterocycles. The molecule has 0 fully saturated rings. The maximum Gasteiger partial charge on any atom is 0.229 e. The summed E-state index contributed by atoms with van der Waals surface area (Å²) in [5, 5.41) is 11.8. The number of hydrogen-bond acceptors (Lipinski definition) is 7. The molecule has 0 atom stereocenters. The third-order valence-corrected chi connectivity index (χ3v) is 5.79. The summed E-state index contributed by atoms with van der Waals surface area (Å²) in [6.07, 6.45) is 0. The summed E-state index contributed by atoms with van der Waals surface area (Å²) in [5.41, 5.74) is 0.891. The average Bonchev–Trinajstić information content (AvgIpc) is 3.14. The van der Waals surface area contributed by atoms with Crippen LogP contribution >= 0.6 is 0 Å². The number of hydrogen-bond donors (Lipinski definition) is 1. The topological polar surface area (TPSA) is 98.5 Å². The second kappa shape index (κ2) is 6.93. The molecule has 8 nitrogen and oxygen atoms in total. The van der Waals surface area contributed by atoms with E-state index in [1.807, 2.05) is 24.3 Å². The SMILES string of the molecule is COCCNc1nc2c(S(=O)(=O)c3ccccc3)nnn2c2ccccc12. The first-order valence-electron chi connectivity index (χ1n) is 8.30. The molecule has 138 valence electrons. The lowest BCUT2D eigenvalue weighted by Crippen LogP contribution is -2.11. The molecule has 0 spiro atoms. The molecule has 0 bridgehead atoms. The highest BCUT2D eigenvalue weighted by atomic mass is 32.2. The highest BCUT2D eigenvalue weighted by molar-refractivity contribution is 7.91. The standard InChI is InChI=1S/C18H17N5O3S/c1-26-12-11-19-16-14-9-5-6-10-15(14)23-17(20-16)18(21-22-23)27(24,25)13-7-3-2-4-8-13/h2-10H,11-12H2,1H3,(H,19,20). The van der Waals surface area contributed by atoms with Crippen LogP contribution in [0.4, 0.5) is 5.82 Å². The summed E-state index contributed by atoms with van der Waals surface area (Å²) in [6, 6.07) is 15.6. The summed E-state index contributed by atoms with van der Waals surface area (Å²) in [6.45, 7) is 1.03. The molecule has 0 aliphatic carbocycles. The molecule has 0 unspecified atom stereocenters. The van der Waals surface area contributed by atoms with E-state index in [-0.39, 0.29) is 15.6 Å². The van der Waals surface area contributed by atoms with Gasteiger partial charge < -0.3 is 10.1 Å². The van der Waals surface area contributed by atoms with E-state index >= 15 is 0 Å². The van der Waals surface area contributed by atoms with Crippen molar-refractivity contribution in [2.24, 2.45) is 0 Å². The van der Waals surface area contributed by atoms with Gasteiger partial charge in [0.2, 0.25) is 14.9 Å². The summed E-state index contributed by atoms with van der Waals surface area (Å²) >= 11 is 0. The van der Waals surface area contributed by atoms with Crippen LogP contribution in [-0.4, -0.2) is 48.5 Å². The van der Waals surface area contributed by atoms with Gasteiger partial charge in [-0.15, -0.1) is 5.10 Å².